The summed E-state index contributed by atoms with van der Waals surface area (Å²) in [7, 11) is 0. The van der Waals surface area contributed by atoms with E-state index in [4.69, 9.17) is 11.5 Å². The number of hydrogen-bond acceptors (Lipinski definition) is 6. The highest BCUT2D eigenvalue weighted by atomic mass is 16.2. The van der Waals surface area contributed by atoms with Crippen molar-refractivity contribution >= 4 is 11.8 Å². The smallest absolute Gasteiger partial charge is 0.221 e. The van der Waals surface area contributed by atoms with Crippen LogP contribution < -0.4 is 22.1 Å². The Morgan fingerprint density at radius 3 is 1.02 bits per heavy atom. The molecule has 2 amide bonds. The summed E-state index contributed by atoms with van der Waals surface area (Å²) < 4.78 is 0. The van der Waals surface area contributed by atoms with Gasteiger partial charge in [0.2, 0.25) is 11.8 Å². The molecule has 0 spiro atoms. The van der Waals surface area contributed by atoms with E-state index < -0.39 is 0 Å². The molecule has 44 heavy (non-hydrogen) atoms. The van der Waals surface area contributed by atoms with Crippen LogP contribution in [0.2, 0.25) is 0 Å². The van der Waals surface area contributed by atoms with Crippen LogP contribution in [0, 0.1) is 0 Å². The molecule has 0 aliphatic carbocycles. The minimum absolute atomic E-state index is 0.125. The minimum Gasteiger partial charge on any atom is -0.356 e. The van der Waals surface area contributed by atoms with E-state index in [9.17, 15) is 9.59 Å². The molecule has 0 radical (unpaired) electrons. The van der Waals surface area contributed by atoms with Crippen LogP contribution in [0.15, 0.2) is 0 Å². The van der Waals surface area contributed by atoms with Gasteiger partial charge in [0.15, 0.2) is 0 Å². The van der Waals surface area contributed by atoms with Gasteiger partial charge in [-0.25, -0.2) is 0 Å². The summed E-state index contributed by atoms with van der Waals surface area (Å²) in [4.78, 5) is 29.3. The predicted molar refractivity (Wildman–Crippen MR) is 190 cm³/mol. The molecule has 0 bridgehead atoms. The molecule has 0 aliphatic rings. The molecular weight excluding hydrogens is 548 g/mol. The van der Waals surface area contributed by atoms with E-state index in [0.717, 1.165) is 52.1 Å². The maximum atomic E-state index is 12.4. The average molecular weight is 625 g/mol. The average Bonchev–Trinajstić information content (AvgIpc) is 3.02. The van der Waals surface area contributed by atoms with Gasteiger partial charge in [0.1, 0.15) is 0 Å². The highest BCUT2D eigenvalue weighted by Gasteiger charge is 2.12. The summed E-state index contributed by atoms with van der Waals surface area (Å²) >= 11 is 0. The Morgan fingerprint density at radius 2 is 0.727 bits per heavy atom. The fourth-order valence-corrected chi connectivity index (χ4v) is 5.70. The first-order valence-electron chi connectivity index (χ1n) is 19.0. The Labute approximate surface area is 273 Å². The van der Waals surface area contributed by atoms with Gasteiger partial charge in [0, 0.05) is 78.3 Å². The van der Waals surface area contributed by atoms with E-state index >= 15 is 0 Å². The first-order chi connectivity index (χ1) is 21.6. The van der Waals surface area contributed by atoms with Crippen molar-refractivity contribution in [3.63, 3.8) is 0 Å². The van der Waals surface area contributed by atoms with E-state index in [1.165, 1.54) is 116 Å². The van der Waals surface area contributed by atoms with Gasteiger partial charge in [-0.15, -0.1) is 0 Å². The van der Waals surface area contributed by atoms with Crippen LogP contribution in [0.1, 0.15) is 155 Å². The fourth-order valence-electron chi connectivity index (χ4n) is 5.70. The maximum Gasteiger partial charge on any atom is 0.221 e. The molecule has 0 atom stereocenters. The highest BCUT2D eigenvalue weighted by Crippen LogP contribution is 2.11. The number of amides is 2. The van der Waals surface area contributed by atoms with Crippen molar-refractivity contribution in [2.45, 2.75) is 155 Å². The lowest BCUT2D eigenvalue weighted by Gasteiger charge is -2.27. The van der Waals surface area contributed by atoms with Crippen LogP contribution >= 0.6 is 0 Å². The Kier molecular flexibility index (Phi) is 33.7. The molecule has 0 aromatic carbocycles. The largest absolute Gasteiger partial charge is 0.356 e. The normalized spacial score (nSPS) is 11.5. The third kappa shape index (κ3) is 30.8. The summed E-state index contributed by atoms with van der Waals surface area (Å²) in [6, 6.07) is 0. The lowest BCUT2D eigenvalue weighted by atomic mass is 10.1. The van der Waals surface area contributed by atoms with Crippen molar-refractivity contribution in [2.75, 3.05) is 65.4 Å². The zero-order chi connectivity index (χ0) is 32.4. The van der Waals surface area contributed by atoms with E-state index in [-0.39, 0.29) is 11.8 Å². The first kappa shape index (κ1) is 42.8. The molecule has 0 saturated carbocycles. The van der Waals surface area contributed by atoms with Crippen molar-refractivity contribution in [1.29, 1.82) is 0 Å². The summed E-state index contributed by atoms with van der Waals surface area (Å²) in [5.41, 5.74) is 11.7. The lowest BCUT2D eigenvalue weighted by molar-refractivity contribution is -0.122. The SMILES string of the molecule is CCCCCCCCCCCCCNC(=O)CCN(CCN)CCN(CCN)CCC(=O)NCCCCCCCCCCC. The summed E-state index contributed by atoms with van der Waals surface area (Å²) in [6.07, 6.45) is 27.0. The Bertz CT molecular complexity index is 621. The topological polar surface area (TPSA) is 117 Å². The number of nitrogens with two attached hydrogens (primary N) is 2. The first-order valence-corrected chi connectivity index (χ1v) is 19.0. The third-order valence-corrected chi connectivity index (χ3v) is 8.64. The van der Waals surface area contributed by atoms with Crippen LogP contribution in [-0.2, 0) is 9.59 Å². The van der Waals surface area contributed by atoms with Gasteiger partial charge in [-0.05, 0) is 12.8 Å². The van der Waals surface area contributed by atoms with E-state index in [2.05, 4.69) is 34.3 Å². The number of rotatable bonds is 35. The van der Waals surface area contributed by atoms with Crippen molar-refractivity contribution < 1.29 is 9.59 Å². The Balaban J connectivity index is 3.97. The van der Waals surface area contributed by atoms with Gasteiger partial charge in [0.25, 0.3) is 0 Å². The second kappa shape index (κ2) is 34.6. The van der Waals surface area contributed by atoms with Crippen LogP contribution in [-0.4, -0.2) is 87.1 Å². The third-order valence-electron chi connectivity index (χ3n) is 8.64. The Morgan fingerprint density at radius 1 is 0.432 bits per heavy atom. The van der Waals surface area contributed by atoms with E-state index in [1.807, 2.05) is 0 Å². The molecule has 0 aliphatic heterocycles. The number of hydrogen-bond donors (Lipinski definition) is 4. The second-order valence-electron chi connectivity index (χ2n) is 12.8. The molecule has 0 fully saturated rings. The van der Waals surface area contributed by atoms with Crippen molar-refractivity contribution in [2.24, 2.45) is 11.5 Å². The van der Waals surface area contributed by atoms with Gasteiger partial charge >= 0.3 is 0 Å². The summed E-state index contributed by atoms with van der Waals surface area (Å²) in [5, 5.41) is 6.19. The molecule has 262 valence electrons. The quantitative estimate of drug-likeness (QED) is 0.0610. The Hall–Kier alpha value is -1.22. The van der Waals surface area contributed by atoms with Crippen LogP contribution in [0.4, 0.5) is 0 Å². The molecule has 0 rings (SSSR count). The zero-order valence-electron chi connectivity index (χ0n) is 29.5. The van der Waals surface area contributed by atoms with Crippen molar-refractivity contribution in [1.82, 2.24) is 20.4 Å². The monoisotopic (exact) mass is 625 g/mol. The number of carbonyl (C=O) groups excluding carboxylic acids is 2. The standard InChI is InChI=1S/C36H76N6O2/c1-3-5-7-9-11-13-14-16-18-20-22-28-40-36(44)24-30-42(32-26-38)34-33-41(31-25-37)29-23-35(43)39-27-21-19-17-15-12-10-8-6-4-2/h3-34,37-38H2,1-2H3,(H,39,43)(H,40,44). The van der Waals surface area contributed by atoms with Crippen LogP contribution in [0.5, 0.6) is 0 Å². The number of unbranched alkanes of at least 4 members (excludes halogenated alkanes) is 18. The molecule has 0 heterocycles. The van der Waals surface area contributed by atoms with Gasteiger partial charge in [-0.3, -0.25) is 9.59 Å². The number of nitrogens with zero attached hydrogens (tertiary/aromatic N) is 2. The molecule has 0 aromatic heterocycles. The molecule has 6 N–H and O–H groups in total. The van der Waals surface area contributed by atoms with Crippen molar-refractivity contribution in [3.05, 3.63) is 0 Å². The highest BCUT2D eigenvalue weighted by molar-refractivity contribution is 5.76. The van der Waals surface area contributed by atoms with E-state index in [1.54, 1.807) is 0 Å². The number of nitrogens with one attached hydrogen (secondary N) is 2. The molecular formula is C36H76N6O2. The molecule has 8 nitrogen and oxygen atoms in total. The molecule has 0 aromatic rings. The zero-order valence-corrected chi connectivity index (χ0v) is 29.5. The number of carbonyl (C=O) groups is 2. The van der Waals surface area contributed by atoms with Gasteiger partial charge < -0.3 is 31.9 Å². The summed E-state index contributed by atoms with van der Waals surface area (Å²) in [6.45, 7) is 11.8. The molecule has 0 saturated heterocycles. The van der Waals surface area contributed by atoms with Crippen molar-refractivity contribution in [3.8, 4) is 0 Å². The molecule has 8 heteroatoms. The van der Waals surface area contributed by atoms with Gasteiger partial charge in [-0.2, -0.15) is 0 Å². The van der Waals surface area contributed by atoms with Gasteiger partial charge in [-0.1, -0.05) is 129 Å². The fraction of sp³-hybridized carbons (Fsp3) is 0.944. The van der Waals surface area contributed by atoms with Gasteiger partial charge in [0.05, 0.1) is 0 Å². The van der Waals surface area contributed by atoms with Crippen LogP contribution in [0.3, 0.4) is 0 Å². The second-order valence-corrected chi connectivity index (χ2v) is 12.8. The maximum absolute atomic E-state index is 12.4. The van der Waals surface area contributed by atoms with E-state index in [0.29, 0.717) is 39.0 Å². The minimum atomic E-state index is 0.125. The predicted octanol–water partition coefficient (Wildman–Crippen LogP) is 6.36. The lowest BCUT2D eigenvalue weighted by Crippen LogP contribution is -2.42. The summed E-state index contributed by atoms with van der Waals surface area (Å²) in [5.74, 6) is 0.251. The van der Waals surface area contributed by atoms with Crippen LogP contribution in [0.25, 0.3) is 0 Å². The molecule has 0 unspecified atom stereocenters.